The molecule has 0 atom stereocenters. The molecule has 0 amide bonds. The Hall–Kier alpha value is -1.56. The van der Waals surface area contributed by atoms with Gasteiger partial charge in [0.15, 0.2) is 0 Å². The molecular formula is C15H14IN3. The lowest BCUT2D eigenvalue weighted by Crippen LogP contribution is -2.02. The number of fused-ring (bicyclic) bond motifs is 1. The molecule has 0 unspecified atom stereocenters. The van der Waals surface area contributed by atoms with Crippen LogP contribution >= 0.6 is 22.6 Å². The van der Waals surface area contributed by atoms with Crippen LogP contribution in [0.2, 0.25) is 0 Å². The van der Waals surface area contributed by atoms with Gasteiger partial charge in [0.05, 0.1) is 17.8 Å². The van der Waals surface area contributed by atoms with Crippen molar-refractivity contribution >= 4 is 39.2 Å². The number of hydrogen-bond acceptors (Lipinski definition) is 2. The summed E-state index contributed by atoms with van der Waals surface area (Å²) >= 11 is 2.34. The maximum atomic E-state index is 4.59. The van der Waals surface area contributed by atoms with Gasteiger partial charge in [-0.3, -0.25) is 4.68 Å². The van der Waals surface area contributed by atoms with E-state index in [1.807, 2.05) is 29.9 Å². The lowest BCUT2D eigenvalue weighted by atomic mass is 10.2. The fraction of sp³-hybridized carbons (Fsp3) is 0.133. The van der Waals surface area contributed by atoms with Gasteiger partial charge in [-0.1, -0.05) is 30.3 Å². The third kappa shape index (κ3) is 2.45. The molecule has 0 fully saturated rings. The van der Waals surface area contributed by atoms with Crippen LogP contribution in [-0.4, -0.2) is 9.78 Å². The highest BCUT2D eigenvalue weighted by atomic mass is 127. The Kier molecular flexibility index (Phi) is 3.42. The molecule has 0 aliphatic rings. The van der Waals surface area contributed by atoms with E-state index >= 15 is 0 Å². The number of para-hydroxylation sites is 2. The average molecular weight is 363 g/mol. The second-order valence-corrected chi connectivity index (χ2v) is 5.58. The number of hydrogen-bond donors (Lipinski definition) is 1. The van der Waals surface area contributed by atoms with Gasteiger partial charge >= 0.3 is 0 Å². The van der Waals surface area contributed by atoms with Crippen molar-refractivity contribution in [1.82, 2.24) is 9.78 Å². The minimum Gasteiger partial charge on any atom is -0.378 e. The molecule has 3 rings (SSSR count). The largest absolute Gasteiger partial charge is 0.378 e. The van der Waals surface area contributed by atoms with Gasteiger partial charge in [-0.05, 0) is 40.8 Å². The Morgan fingerprint density at radius 1 is 1.11 bits per heavy atom. The number of anilines is 1. The molecule has 0 saturated heterocycles. The van der Waals surface area contributed by atoms with Crippen molar-refractivity contribution in [2.75, 3.05) is 5.32 Å². The Balaban J connectivity index is 1.88. The Morgan fingerprint density at radius 2 is 1.84 bits per heavy atom. The van der Waals surface area contributed by atoms with Gasteiger partial charge in [0, 0.05) is 21.7 Å². The highest BCUT2D eigenvalue weighted by molar-refractivity contribution is 14.1. The van der Waals surface area contributed by atoms with Gasteiger partial charge in [-0.2, -0.15) is 5.10 Å². The highest BCUT2D eigenvalue weighted by Gasteiger charge is 2.07. The number of halogens is 1. The third-order valence-corrected chi connectivity index (χ3v) is 4.10. The van der Waals surface area contributed by atoms with Crippen LogP contribution < -0.4 is 5.32 Å². The summed E-state index contributed by atoms with van der Waals surface area (Å²) in [7, 11) is 1.98. The Labute approximate surface area is 125 Å². The van der Waals surface area contributed by atoms with E-state index in [2.05, 4.69) is 63.3 Å². The molecule has 4 heteroatoms. The summed E-state index contributed by atoms with van der Waals surface area (Å²) in [6.07, 6.45) is 0. The predicted molar refractivity (Wildman–Crippen MR) is 87.2 cm³/mol. The van der Waals surface area contributed by atoms with Crippen molar-refractivity contribution in [3.8, 4) is 0 Å². The van der Waals surface area contributed by atoms with E-state index < -0.39 is 0 Å². The summed E-state index contributed by atoms with van der Waals surface area (Å²) < 4.78 is 3.16. The normalized spacial score (nSPS) is 10.8. The van der Waals surface area contributed by atoms with Crippen molar-refractivity contribution in [3.05, 3.63) is 57.8 Å². The molecule has 19 heavy (non-hydrogen) atoms. The summed E-state index contributed by atoms with van der Waals surface area (Å²) in [5.41, 5.74) is 3.40. The zero-order valence-electron chi connectivity index (χ0n) is 10.6. The van der Waals surface area contributed by atoms with Crippen LogP contribution in [0.1, 0.15) is 5.69 Å². The number of nitrogens with one attached hydrogen (secondary N) is 1. The zero-order chi connectivity index (χ0) is 13.2. The molecule has 0 spiro atoms. The van der Waals surface area contributed by atoms with E-state index in [1.165, 1.54) is 14.5 Å². The van der Waals surface area contributed by atoms with E-state index in [0.29, 0.717) is 0 Å². The molecule has 0 bridgehead atoms. The van der Waals surface area contributed by atoms with Gasteiger partial charge in [0.2, 0.25) is 0 Å². The smallest absolute Gasteiger partial charge is 0.0894 e. The topological polar surface area (TPSA) is 29.9 Å². The second-order valence-electron chi connectivity index (χ2n) is 4.42. The van der Waals surface area contributed by atoms with Gasteiger partial charge in [-0.25, -0.2) is 0 Å². The monoisotopic (exact) mass is 363 g/mol. The number of aromatic nitrogens is 2. The molecule has 0 aliphatic heterocycles. The van der Waals surface area contributed by atoms with Gasteiger partial charge < -0.3 is 5.32 Å². The first-order valence-corrected chi connectivity index (χ1v) is 7.22. The van der Waals surface area contributed by atoms with Crippen molar-refractivity contribution in [2.45, 2.75) is 6.54 Å². The fourth-order valence-corrected chi connectivity index (χ4v) is 2.78. The Morgan fingerprint density at radius 3 is 2.68 bits per heavy atom. The van der Waals surface area contributed by atoms with E-state index in [-0.39, 0.29) is 0 Å². The van der Waals surface area contributed by atoms with Crippen molar-refractivity contribution in [2.24, 2.45) is 7.05 Å². The van der Waals surface area contributed by atoms with E-state index in [4.69, 9.17) is 0 Å². The van der Waals surface area contributed by atoms with Crippen LogP contribution in [0.4, 0.5) is 5.69 Å². The molecule has 1 heterocycles. The molecule has 3 nitrogen and oxygen atoms in total. The first kappa shape index (κ1) is 12.5. The summed E-state index contributed by atoms with van der Waals surface area (Å²) in [4.78, 5) is 0. The molecule has 0 aliphatic carbocycles. The van der Waals surface area contributed by atoms with Crippen LogP contribution in [0.15, 0.2) is 48.5 Å². The fourth-order valence-electron chi connectivity index (χ4n) is 2.20. The SMILES string of the molecule is Cn1nc(CNc2ccccc2I)c2ccccc21. The quantitative estimate of drug-likeness (QED) is 0.718. The van der Waals surface area contributed by atoms with Gasteiger partial charge in [0.25, 0.3) is 0 Å². The van der Waals surface area contributed by atoms with Crippen LogP contribution in [0.3, 0.4) is 0 Å². The average Bonchev–Trinajstić information content (AvgIpc) is 2.75. The summed E-state index contributed by atoms with van der Waals surface area (Å²) in [5, 5.41) is 9.25. The van der Waals surface area contributed by atoms with E-state index in [0.717, 1.165) is 17.9 Å². The summed E-state index contributed by atoms with van der Waals surface area (Å²) in [5.74, 6) is 0. The minimum absolute atomic E-state index is 0.737. The van der Waals surface area contributed by atoms with Crippen molar-refractivity contribution in [1.29, 1.82) is 0 Å². The molecule has 3 aromatic rings. The van der Waals surface area contributed by atoms with Crippen LogP contribution in [0, 0.1) is 3.57 Å². The maximum absolute atomic E-state index is 4.59. The molecule has 2 aromatic carbocycles. The minimum atomic E-state index is 0.737. The van der Waals surface area contributed by atoms with Crippen molar-refractivity contribution in [3.63, 3.8) is 0 Å². The van der Waals surface area contributed by atoms with Crippen molar-refractivity contribution < 1.29 is 0 Å². The molecule has 96 valence electrons. The maximum Gasteiger partial charge on any atom is 0.0894 e. The summed E-state index contributed by atoms with van der Waals surface area (Å²) in [6, 6.07) is 16.6. The summed E-state index contributed by atoms with van der Waals surface area (Å²) in [6.45, 7) is 0.737. The van der Waals surface area contributed by atoms with Crippen LogP contribution in [0.25, 0.3) is 10.9 Å². The lowest BCUT2D eigenvalue weighted by molar-refractivity contribution is 0.771. The number of nitrogens with zero attached hydrogens (tertiary/aromatic N) is 2. The third-order valence-electron chi connectivity index (χ3n) is 3.15. The number of rotatable bonds is 3. The first-order chi connectivity index (χ1) is 9.25. The highest BCUT2D eigenvalue weighted by Crippen LogP contribution is 2.21. The van der Waals surface area contributed by atoms with Gasteiger partial charge in [0.1, 0.15) is 0 Å². The molecule has 0 saturated carbocycles. The second kappa shape index (κ2) is 5.21. The zero-order valence-corrected chi connectivity index (χ0v) is 12.8. The molecule has 1 N–H and O–H groups in total. The van der Waals surface area contributed by atoms with E-state index in [9.17, 15) is 0 Å². The molecular weight excluding hydrogens is 349 g/mol. The molecule has 1 aromatic heterocycles. The number of benzene rings is 2. The van der Waals surface area contributed by atoms with Gasteiger partial charge in [-0.15, -0.1) is 0 Å². The van der Waals surface area contributed by atoms with Crippen LogP contribution in [-0.2, 0) is 13.6 Å². The molecule has 0 radical (unpaired) electrons. The Bertz CT molecular complexity index is 718. The first-order valence-electron chi connectivity index (χ1n) is 6.15. The van der Waals surface area contributed by atoms with Crippen LogP contribution in [0.5, 0.6) is 0 Å². The van der Waals surface area contributed by atoms with E-state index in [1.54, 1.807) is 0 Å². The predicted octanol–water partition coefficient (Wildman–Crippen LogP) is 3.79. The number of aryl methyl sites for hydroxylation is 1. The lowest BCUT2D eigenvalue weighted by Gasteiger charge is -2.06. The standard InChI is InChI=1S/C15H14IN3/c1-19-15-9-5-2-6-11(15)14(18-19)10-17-13-8-4-3-7-12(13)16/h2-9,17H,10H2,1H3.